The highest BCUT2D eigenvalue weighted by Crippen LogP contribution is 2.26. The third-order valence-electron chi connectivity index (χ3n) is 1.79. The van der Waals surface area contributed by atoms with Gasteiger partial charge >= 0.3 is 0 Å². The zero-order chi connectivity index (χ0) is 9.84. The minimum absolute atomic E-state index is 0. The van der Waals surface area contributed by atoms with Crippen LogP contribution in [0.25, 0.3) is 0 Å². The number of alkyl halides is 1. The van der Waals surface area contributed by atoms with Crippen molar-refractivity contribution in [3.05, 3.63) is 32.7 Å². The van der Waals surface area contributed by atoms with Crippen LogP contribution in [-0.4, -0.2) is 6.67 Å². The minimum Gasteiger partial charge on any atom is -0.324 e. The molecule has 0 fully saturated rings. The van der Waals surface area contributed by atoms with Gasteiger partial charge in [-0.2, -0.15) is 0 Å². The third kappa shape index (κ3) is 3.85. The molecule has 0 spiro atoms. The second kappa shape index (κ2) is 6.77. The Labute approximate surface area is 106 Å². The number of hydrogen-bond acceptors (Lipinski definition) is 1. The lowest BCUT2D eigenvalue weighted by Gasteiger charge is -2.10. The maximum atomic E-state index is 12.0. The van der Waals surface area contributed by atoms with Gasteiger partial charge in [0.1, 0.15) is 0 Å². The van der Waals surface area contributed by atoms with E-state index in [-0.39, 0.29) is 25.1 Å². The Bertz CT molecular complexity index is 296. The van der Waals surface area contributed by atoms with Crippen molar-refractivity contribution in [2.24, 2.45) is 5.73 Å². The van der Waals surface area contributed by atoms with Crippen LogP contribution in [0.4, 0.5) is 4.39 Å². The van der Waals surface area contributed by atoms with E-state index in [1.54, 1.807) is 0 Å². The summed E-state index contributed by atoms with van der Waals surface area (Å²) in [4.78, 5) is 0. The fourth-order valence-electron chi connectivity index (χ4n) is 1.03. The van der Waals surface area contributed by atoms with Crippen molar-refractivity contribution in [3.63, 3.8) is 0 Å². The number of halogens is 4. The molecule has 0 radical (unpaired) electrons. The van der Waals surface area contributed by atoms with Gasteiger partial charge in [-0.15, -0.1) is 12.4 Å². The number of rotatable bonds is 3. The van der Waals surface area contributed by atoms with E-state index in [0.29, 0.717) is 6.42 Å². The minimum atomic E-state index is -0.380. The second-order valence-electron chi connectivity index (χ2n) is 2.76. The zero-order valence-electron chi connectivity index (χ0n) is 7.34. The Morgan fingerprint density at radius 2 is 1.93 bits per heavy atom. The molecule has 5 heteroatoms. The molecule has 0 saturated heterocycles. The Balaban J connectivity index is 0.00000169. The molecule has 0 aliphatic rings. The van der Waals surface area contributed by atoms with E-state index < -0.39 is 0 Å². The fourth-order valence-corrected chi connectivity index (χ4v) is 1.67. The van der Waals surface area contributed by atoms with E-state index in [0.717, 1.165) is 14.5 Å². The third-order valence-corrected chi connectivity index (χ3v) is 3.67. The molecular weight excluding hydrogens is 336 g/mol. The summed E-state index contributed by atoms with van der Waals surface area (Å²) in [5.74, 6) is 0. The normalized spacial score (nSPS) is 12.0. The SMILES string of the molecule is Cl.N[C@H](CCF)c1ccc(Br)c(Br)c1. The molecule has 2 N–H and O–H groups in total. The van der Waals surface area contributed by atoms with Crippen LogP contribution in [-0.2, 0) is 0 Å². The van der Waals surface area contributed by atoms with Crippen LogP contribution < -0.4 is 5.73 Å². The van der Waals surface area contributed by atoms with Crippen LogP contribution >= 0.6 is 44.3 Å². The molecule has 0 heterocycles. The van der Waals surface area contributed by atoms with Crippen molar-refractivity contribution >= 4 is 44.3 Å². The van der Waals surface area contributed by atoms with E-state index in [2.05, 4.69) is 31.9 Å². The molecule has 14 heavy (non-hydrogen) atoms. The Morgan fingerprint density at radius 3 is 2.43 bits per heavy atom. The summed E-state index contributed by atoms with van der Waals surface area (Å²) in [6.07, 6.45) is 0.369. The molecule has 1 atom stereocenters. The largest absolute Gasteiger partial charge is 0.324 e. The average Bonchev–Trinajstić information content (AvgIpc) is 2.10. The Kier molecular flexibility index (Phi) is 6.95. The summed E-state index contributed by atoms with van der Waals surface area (Å²) in [7, 11) is 0. The van der Waals surface area contributed by atoms with Crippen molar-refractivity contribution in [2.45, 2.75) is 12.5 Å². The van der Waals surface area contributed by atoms with Gasteiger partial charge in [-0.05, 0) is 56.0 Å². The smallest absolute Gasteiger partial charge is 0.0912 e. The maximum absolute atomic E-state index is 12.0. The topological polar surface area (TPSA) is 26.0 Å². The lowest BCUT2D eigenvalue weighted by Crippen LogP contribution is -2.10. The van der Waals surface area contributed by atoms with Gasteiger partial charge in [-0.25, -0.2) is 0 Å². The highest BCUT2D eigenvalue weighted by molar-refractivity contribution is 9.13. The molecule has 1 nitrogen and oxygen atoms in total. The molecule has 1 aromatic carbocycles. The van der Waals surface area contributed by atoms with Gasteiger partial charge < -0.3 is 5.73 Å². The Morgan fingerprint density at radius 1 is 1.29 bits per heavy atom. The number of nitrogens with two attached hydrogens (primary N) is 1. The molecule has 1 aromatic rings. The number of benzene rings is 1. The zero-order valence-corrected chi connectivity index (χ0v) is 11.3. The van der Waals surface area contributed by atoms with Gasteiger partial charge in [0.25, 0.3) is 0 Å². The molecule has 0 aliphatic heterocycles. The van der Waals surface area contributed by atoms with Gasteiger partial charge in [0.15, 0.2) is 0 Å². The molecule has 0 unspecified atom stereocenters. The quantitative estimate of drug-likeness (QED) is 0.879. The molecule has 0 aliphatic carbocycles. The van der Waals surface area contributed by atoms with Crippen LogP contribution in [0.2, 0.25) is 0 Å². The van der Waals surface area contributed by atoms with Crippen LogP contribution in [0.5, 0.6) is 0 Å². The summed E-state index contributed by atoms with van der Waals surface area (Å²) < 4.78 is 13.9. The highest BCUT2D eigenvalue weighted by Gasteiger charge is 2.06. The molecule has 80 valence electrons. The van der Waals surface area contributed by atoms with Crippen molar-refractivity contribution in [3.8, 4) is 0 Å². The summed E-state index contributed by atoms with van der Waals surface area (Å²) in [6.45, 7) is -0.380. The van der Waals surface area contributed by atoms with Gasteiger partial charge in [0.2, 0.25) is 0 Å². The number of hydrogen-bond donors (Lipinski definition) is 1. The fraction of sp³-hybridized carbons (Fsp3) is 0.333. The first-order chi connectivity index (χ1) is 6.15. The Hall–Kier alpha value is 0.360. The lowest BCUT2D eigenvalue weighted by molar-refractivity contribution is 0.442. The molecule has 0 aromatic heterocycles. The van der Waals surface area contributed by atoms with Crippen molar-refractivity contribution in [1.29, 1.82) is 0 Å². The molecule has 0 saturated carbocycles. The standard InChI is InChI=1S/C9H10Br2FN.ClH/c10-7-2-1-6(5-8(7)11)9(13)3-4-12;/h1-2,5,9H,3-4,13H2;1H/t9-;/m1./s1. The first-order valence-electron chi connectivity index (χ1n) is 3.91. The summed E-state index contributed by atoms with van der Waals surface area (Å²) in [6, 6.07) is 5.49. The van der Waals surface area contributed by atoms with Gasteiger partial charge in [0.05, 0.1) is 6.67 Å². The van der Waals surface area contributed by atoms with Crippen LogP contribution in [0, 0.1) is 0 Å². The lowest BCUT2D eigenvalue weighted by atomic mass is 10.1. The van der Waals surface area contributed by atoms with E-state index >= 15 is 0 Å². The summed E-state index contributed by atoms with van der Waals surface area (Å²) >= 11 is 6.72. The molecular formula is C9H11Br2ClFN. The molecule has 1 rings (SSSR count). The highest BCUT2D eigenvalue weighted by atomic mass is 79.9. The first-order valence-corrected chi connectivity index (χ1v) is 5.50. The van der Waals surface area contributed by atoms with Crippen molar-refractivity contribution in [2.75, 3.05) is 6.67 Å². The van der Waals surface area contributed by atoms with Gasteiger partial charge in [-0.1, -0.05) is 6.07 Å². The second-order valence-corrected chi connectivity index (χ2v) is 4.47. The maximum Gasteiger partial charge on any atom is 0.0912 e. The average molecular weight is 347 g/mol. The summed E-state index contributed by atoms with van der Waals surface area (Å²) in [5.41, 5.74) is 6.70. The van der Waals surface area contributed by atoms with E-state index in [9.17, 15) is 4.39 Å². The van der Waals surface area contributed by atoms with Crippen LogP contribution in [0.1, 0.15) is 18.0 Å². The van der Waals surface area contributed by atoms with Crippen molar-refractivity contribution < 1.29 is 4.39 Å². The predicted molar refractivity (Wildman–Crippen MR) is 66.6 cm³/mol. The van der Waals surface area contributed by atoms with Crippen LogP contribution in [0.15, 0.2) is 27.1 Å². The van der Waals surface area contributed by atoms with Crippen molar-refractivity contribution in [1.82, 2.24) is 0 Å². The first kappa shape index (κ1) is 14.4. The monoisotopic (exact) mass is 345 g/mol. The van der Waals surface area contributed by atoms with Gasteiger partial charge in [-0.3, -0.25) is 4.39 Å². The van der Waals surface area contributed by atoms with E-state index in [1.165, 1.54) is 0 Å². The molecule has 0 bridgehead atoms. The predicted octanol–water partition coefficient (Wildman–Crippen LogP) is 3.99. The summed E-state index contributed by atoms with van der Waals surface area (Å²) in [5, 5.41) is 0. The van der Waals surface area contributed by atoms with Gasteiger partial charge in [0, 0.05) is 15.0 Å². The van der Waals surface area contributed by atoms with E-state index in [1.807, 2.05) is 18.2 Å². The van der Waals surface area contributed by atoms with E-state index in [4.69, 9.17) is 5.73 Å². The molecule has 0 amide bonds. The van der Waals surface area contributed by atoms with Crippen LogP contribution in [0.3, 0.4) is 0 Å².